The highest BCUT2D eigenvalue weighted by atomic mass is 35.5. The summed E-state index contributed by atoms with van der Waals surface area (Å²) in [5.74, 6) is 2.25. The Kier molecular flexibility index (Phi) is 6.63. The topological polar surface area (TPSA) is 40.5 Å². The first-order valence-electron chi connectivity index (χ1n) is 10.8. The lowest BCUT2D eigenvalue weighted by Gasteiger charge is -2.19. The van der Waals surface area contributed by atoms with E-state index < -0.39 is 0 Å². The lowest BCUT2D eigenvalue weighted by molar-refractivity contribution is 0.302. The Balaban J connectivity index is 1.73. The first kappa shape index (κ1) is 20.8. The standard InChI is InChI=1S/C25H28ClNO3/c1-2-3-13-29-24-22-14-20(30-17-19-7-5-4-6-8-19)11-12-21(22)25(28)27(23(24)15-26)16-18-9-10-18/h4-8,11-12,14,18H,2-3,9-10,13,15-17H2,1H3. The van der Waals surface area contributed by atoms with Gasteiger partial charge in [0.2, 0.25) is 0 Å². The van der Waals surface area contributed by atoms with Gasteiger partial charge in [-0.1, -0.05) is 43.7 Å². The molecule has 0 amide bonds. The number of rotatable bonds is 10. The molecule has 2 aromatic carbocycles. The molecule has 30 heavy (non-hydrogen) atoms. The first-order chi connectivity index (χ1) is 14.7. The van der Waals surface area contributed by atoms with Gasteiger partial charge in [0.25, 0.3) is 5.56 Å². The Bertz CT molecular complexity index is 1060. The second-order valence-corrected chi connectivity index (χ2v) is 8.22. The molecule has 1 aliphatic rings. The maximum Gasteiger partial charge on any atom is 0.258 e. The summed E-state index contributed by atoms with van der Waals surface area (Å²) in [6.45, 7) is 3.92. The molecular formula is C25H28ClNO3. The van der Waals surface area contributed by atoms with E-state index in [0.29, 0.717) is 36.8 Å². The average Bonchev–Trinajstić information content (AvgIpc) is 3.60. The summed E-state index contributed by atoms with van der Waals surface area (Å²) in [5.41, 5.74) is 1.88. The number of alkyl halides is 1. The van der Waals surface area contributed by atoms with Crippen molar-refractivity contribution in [2.75, 3.05) is 6.61 Å². The number of fused-ring (bicyclic) bond motifs is 1. The van der Waals surface area contributed by atoms with Gasteiger partial charge < -0.3 is 14.0 Å². The molecule has 0 spiro atoms. The first-order valence-corrected chi connectivity index (χ1v) is 11.3. The Labute approximate surface area is 182 Å². The van der Waals surface area contributed by atoms with Gasteiger partial charge in [-0.2, -0.15) is 0 Å². The van der Waals surface area contributed by atoms with Gasteiger partial charge in [0.15, 0.2) is 0 Å². The highest BCUT2D eigenvalue weighted by Crippen LogP contribution is 2.35. The van der Waals surface area contributed by atoms with Crippen molar-refractivity contribution in [3.05, 3.63) is 70.1 Å². The van der Waals surface area contributed by atoms with Gasteiger partial charge in [-0.05, 0) is 48.9 Å². The van der Waals surface area contributed by atoms with E-state index in [9.17, 15) is 4.79 Å². The van der Waals surface area contributed by atoms with E-state index in [1.807, 2.05) is 53.1 Å². The number of pyridine rings is 1. The molecule has 0 saturated heterocycles. The van der Waals surface area contributed by atoms with Crippen molar-refractivity contribution in [3.63, 3.8) is 0 Å². The van der Waals surface area contributed by atoms with Crippen molar-refractivity contribution in [3.8, 4) is 11.5 Å². The van der Waals surface area contributed by atoms with Crippen molar-refractivity contribution in [2.45, 2.75) is 51.6 Å². The zero-order valence-electron chi connectivity index (χ0n) is 17.4. The van der Waals surface area contributed by atoms with E-state index in [2.05, 4.69) is 6.92 Å². The third-order valence-electron chi connectivity index (χ3n) is 5.56. The van der Waals surface area contributed by atoms with Crippen molar-refractivity contribution in [2.24, 2.45) is 5.92 Å². The molecular weight excluding hydrogens is 398 g/mol. The van der Waals surface area contributed by atoms with Crippen LogP contribution in [0.3, 0.4) is 0 Å². The van der Waals surface area contributed by atoms with Crippen LogP contribution in [0, 0.1) is 5.92 Å². The molecule has 0 aliphatic heterocycles. The van der Waals surface area contributed by atoms with Crippen LogP contribution in [-0.2, 0) is 19.0 Å². The zero-order valence-corrected chi connectivity index (χ0v) is 18.2. The molecule has 0 atom stereocenters. The Morgan fingerprint density at radius 1 is 1.07 bits per heavy atom. The molecule has 4 rings (SSSR count). The summed E-state index contributed by atoms with van der Waals surface area (Å²) < 4.78 is 14.0. The van der Waals surface area contributed by atoms with E-state index in [-0.39, 0.29) is 11.4 Å². The fraction of sp³-hybridized carbons (Fsp3) is 0.400. The van der Waals surface area contributed by atoms with E-state index in [0.717, 1.165) is 35.2 Å². The fourth-order valence-corrected chi connectivity index (χ4v) is 3.90. The number of hydrogen-bond acceptors (Lipinski definition) is 3. The maximum atomic E-state index is 13.3. The molecule has 158 valence electrons. The Morgan fingerprint density at radius 2 is 1.87 bits per heavy atom. The van der Waals surface area contributed by atoms with Gasteiger partial charge in [-0.3, -0.25) is 4.79 Å². The van der Waals surface area contributed by atoms with Crippen LogP contribution in [0.5, 0.6) is 11.5 Å². The SMILES string of the molecule is CCCCOc1c(CCl)n(CC2CC2)c(=O)c2ccc(OCc3ccccc3)cc12. The molecule has 4 nitrogen and oxygen atoms in total. The minimum Gasteiger partial charge on any atom is -0.491 e. The van der Waals surface area contributed by atoms with Crippen LogP contribution in [0.2, 0.25) is 0 Å². The number of benzene rings is 2. The molecule has 5 heteroatoms. The van der Waals surface area contributed by atoms with Crippen molar-refractivity contribution in [1.82, 2.24) is 4.57 Å². The third-order valence-corrected chi connectivity index (χ3v) is 5.81. The van der Waals surface area contributed by atoms with E-state index in [1.165, 1.54) is 12.8 Å². The molecule has 1 fully saturated rings. The van der Waals surface area contributed by atoms with Gasteiger partial charge >= 0.3 is 0 Å². The van der Waals surface area contributed by atoms with E-state index in [1.54, 1.807) is 0 Å². The Hall–Kier alpha value is -2.46. The van der Waals surface area contributed by atoms with Crippen LogP contribution in [0.4, 0.5) is 0 Å². The predicted octanol–water partition coefficient (Wildman–Crippen LogP) is 5.91. The monoisotopic (exact) mass is 425 g/mol. The summed E-state index contributed by atoms with van der Waals surface area (Å²) in [7, 11) is 0. The molecule has 3 aromatic rings. The minimum absolute atomic E-state index is 0.00463. The lowest BCUT2D eigenvalue weighted by atomic mass is 10.1. The highest BCUT2D eigenvalue weighted by molar-refractivity contribution is 6.17. The summed E-state index contributed by atoms with van der Waals surface area (Å²) in [6.07, 6.45) is 4.34. The molecule has 0 N–H and O–H groups in total. The van der Waals surface area contributed by atoms with Gasteiger partial charge in [0, 0.05) is 11.9 Å². The predicted molar refractivity (Wildman–Crippen MR) is 122 cm³/mol. The molecule has 1 aromatic heterocycles. The van der Waals surface area contributed by atoms with Gasteiger partial charge in [-0.15, -0.1) is 11.6 Å². The van der Waals surface area contributed by atoms with Crippen LogP contribution in [0.15, 0.2) is 53.3 Å². The molecule has 0 radical (unpaired) electrons. The zero-order chi connectivity index (χ0) is 20.9. The number of nitrogens with zero attached hydrogens (tertiary/aromatic N) is 1. The summed E-state index contributed by atoms with van der Waals surface area (Å²) in [6, 6.07) is 15.7. The highest BCUT2D eigenvalue weighted by Gasteiger charge is 2.26. The van der Waals surface area contributed by atoms with Gasteiger partial charge in [-0.25, -0.2) is 0 Å². The number of aromatic nitrogens is 1. The summed E-state index contributed by atoms with van der Waals surface area (Å²) in [5, 5.41) is 1.44. The molecule has 0 unspecified atom stereocenters. The van der Waals surface area contributed by atoms with Gasteiger partial charge in [0.1, 0.15) is 18.1 Å². The smallest absolute Gasteiger partial charge is 0.258 e. The van der Waals surface area contributed by atoms with Crippen molar-refractivity contribution < 1.29 is 9.47 Å². The van der Waals surface area contributed by atoms with Crippen molar-refractivity contribution in [1.29, 1.82) is 0 Å². The van der Waals surface area contributed by atoms with Crippen LogP contribution in [-0.4, -0.2) is 11.2 Å². The molecule has 1 saturated carbocycles. The summed E-state index contributed by atoms with van der Waals surface area (Å²) >= 11 is 6.34. The second kappa shape index (κ2) is 9.57. The maximum absolute atomic E-state index is 13.3. The molecule has 1 aliphatic carbocycles. The molecule has 1 heterocycles. The third kappa shape index (κ3) is 4.65. The molecule has 0 bridgehead atoms. The van der Waals surface area contributed by atoms with Gasteiger partial charge in [0.05, 0.1) is 23.6 Å². The minimum atomic E-state index is 0.00463. The number of unbranched alkanes of at least 4 members (excludes halogenated alkanes) is 1. The van der Waals surface area contributed by atoms with Crippen LogP contribution in [0.25, 0.3) is 10.8 Å². The number of ether oxygens (including phenoxy) is 2. The largest absolute Gasteiger partial charge is 0.491 e. The average molecular weight is 426 g/mol. The number of hydrogen-bond donors (Lipinski definition) is 0. The van der Waals surface area contributed by atoms with E-state index >= 15 is 0 Å². The quantitative estimate of drug-likeness (QED) is 0.299. The normalized spacial score (nSPS) is 13.5. The van der Waals surface area contributed by atoms with Crippen LogP contribution in [0.1, 0.15) is 43.9 Å². The fourth-order valence-electron chi connectivity index (χ4n) is 3.64. The van der Waals surface area contributed by atoms with Crippen molar-refractivity contribution >= 4 is 22.4 Å². The second-order valence-electron chi connectivity index (χ2n) is 7.95. The Morgan fingerprint density at radius 3 is 2.57 bits per heavy atom. The van der Waals surface area contributed by atoms with Crippen LogP contribution >= 0.6 is 11.6 Å². The lowest BCUT2D eigenvalue weighted by Crippen LogP contribution is -2.25. The summed E-state index contributed by atoms with van der Waals surface area (Å²) in [4.78, 5) is 13.3. The van der Waals surface area contributed by atoms with E-state index in [4.69, 9.17) is 21.1 Å². The van der Waals surface area contributed by atoms with Crippen LogP contribution < -0.4 is 15.0 Å². The number of halogens is 1.